The van der Waals surface area contributed by atoms with Crippen molar-refractivity contribution in [3.8, 4) is 39.8 Å². The lowest BCUT2D eigenvalue weighted by molar-refractivity contribution is -0.143. The van der Waals surface area contributed by atoms with E-state index in [9.17, 15) is 14.7 Å². The van der Waals surface area contributed by atoms with Crippen LogP contribution < -0.4 is 20.7 Å². The second-order valence-corrected chi connectivity index (χ2v) is 20.9. The van der Waals surface area contributed by atoms with Crippen molar-refractivity contribution in [1.29, 1.82) is 0 Å². The van der Waals surface area contributed by atoms with Crippen LogP contribution in [0.4, 0.5) is 5.69 Å². The van der Waals surface area contributed by atoms with Crippen molar-refractivity contribution < 1.29 is 41.9 Å². The summed E-state index contributed by atoms with van der Waals surface area (Å²) in [6, 6.07) is 35.0. The lowest BCUT2D eigenvalue weighted by Gasteiger charge is -2.30. The first kappa shape index (κ1) is 44.9. The average molecular weight is 971 g/mol. The Bertz CT molecular complexity index is 3410. The van der Waals surface area contributed by atoms with Gasteiger partial charge in [0.2, 0.25) is 17.7 Å². The van der Waals surface area contributed by atoms with Gasteiger partial charge in [-0.05, 0) is 53.1 Å². The van der Waals surface area contributed by atoms with Crippen LogP contribution in [-0.4, -0.2) is 49.1 Å². The van der Waals surface area contributed by atoms with Crippen LogP contribution in [0.2, 0.25) is 0 Å². The van der Waals surface area contributed by atoms with Gasteiger partial charge in [-0.1, -0.05) is 131 Å². The number of hydrogen-bond donors (Lipinski definition) is 4. The SMILES string of the molecule is CCC(O)(CC)C(=O)NC1Cc2ccc3c(c2)C24c5cccc(c5NC2O3)-c2cccc3c2c(cn3P(=O)(OCc2ccccc2)OCc2ccccc2)-c2cnc(o2)-c2nc(oc24)C(C(C)C)NC1=O. The number of rotatable bonds is 12. The molecule has 4 unspecified atom stereocenters. The van der Waals surface area contributed by atoms with Gasteiger partial charge in [0.1, 0.15) is 28.8 Å². The van der Waals surface area contributed by atoms with Crippen LogP contribution in [0, 0.1) is 5.92 Å². The summed E-state index contributed by atoms with van der Waals surface area (Å²) in [7, 11) is -4.20. The van der Waals surface area contributed by atoms with E-state index in [0.29, 0.717) is 39.4 Å². The third kappa shape index (κ3) is 7.08. The monoisotopic (exact) mass is 970 g/mol. The summed E-state index contributed by atoms with van der Waals surface area (Å²) in [4.78, 5) is 38.4. The highest BCUT2D eigenvalue weighted by Crippen LogP contribution is 2.62. The number of nitrogens with one attached hydrogen (secondary N) is 3. The molecule has 4 aliphatic rings. The molecule has 12 rings (SSSR count). The van der Waals surface area contributed by atoms with E-state index in [-0.39, 0.29) is 50.2 Å². The van der Waals surface area contributed by atoms with E-state index in [1.807, 2.05) is 123 Å². The first-order valence-electron chi connectivity index (χ1n) is 24.1. The van der Waals surface area contributed by atoms with Crippen molar-refractivity contribution in [3.05, 3.63) is 167 Å². The smallest absolute Gasteiger partial charge is 0.440 e. The van der Waals surface area contributed by atoms with Gasteiger partial charge in [-0.25, -0.2) is 14.5 Å². The van der Waals surface area contributed by atoms with Crippen molar-refractivity contribution in [2.75, 3.05) is 5.32 Å². The second-order valence-electron chi connectivity index (χ2n) is 19.0. The van der Waals surface area contributed by atoms with E-state index < -0.39 is 48.9 Å². The molecule has 71 heavy (non-hydrogen) atoms. The molecule has 7 heterocycles. The number of aliphatic hydroxyl groups is 1. The molecule has 1 spiro atoms. The quantitative estimate of drug-likeness (QED) is 0.0849. The van der Waals surface area contributed by atoms with Gasteiger partial charge >= 0.3 is 7.75 Å². The third-order valence-corrected chi connectivity index (χ3v) is 16.3. The molecule has 0 fully saturated rings. The minimum absolute atomic E-state index is 0.0162. The first-order chi connectivity index (χ1) is 34.4. The topological polar surface area (TPSA) is 192 Å². The van der Waals surface area contributed by atoms with Crippen molar-refractivity contribution in [2.45, 2.75) is 89.5 Å². The van der Waals surface area contributed by atoms with Crippen LogP contribution in [0.15, 0.2) is 136 Å². The lowest BCUT2D eigenvalue weighted by atomic mass is 9.72. The summed E-state index contributed by atoms with van der Waals surface area (Å²) in [5.41, 5.74) is 4.95. The number of para-hydroxylation sites is 1. The Morgan fingerprint density at radius 3 is 2.30 bits per heavy atom. The summed E-state index contributed by atoms with van der Waals surface area (Å²) in [6.45, 7) is 7.41. The van der Waals surface area contributed by atoms with Crippen LogP contribution in [-0.2, 0) is 48.3 Å². The number of carbonyl (C=O) groups is 2. The largest absolute Gasteiger partial charge is 0.469 e. The van der Waals surface area contributed by atoms with Gasteiger partial charge in [0, 0.05) is 45.9 Å². The highest BCUT2D eigenvalue weighted by molar-refractivity contribution is 7.52. The van der Waals surface area contributed by atoms with Crippen LogP contribution in [0.5, 0.6) is 5.75 Å². The van der Waals surface area contributed by atoms with E-state index in [2.05, 4.69) is 22.0 Å². The summed E-state index contributed by atoms with van der Waals surface area (Å²) in [5.74, 6) is 0.334. The highest BCUT2D eigenvalue weighted by atomic mass is 31.2. The van der Waals surface area contributed by atoms with Gasteiger partial charge in [0.25, 0.3) is 5.91 Å². The number of hydrogen-bond acceptors (Lipinski definition) is 12. The molecule has 0 saturated heterocycles. The molecule has 4 atom stereocenters. The third-order valence-electron chi connectivity index (χ3n) is 14.6. The van der Waals surface area contributed by atoms with Gasteiger partial charge in [-0.15, -0.1) is 0 Å². The summed E-state index contributed by atoms with van der Waals surface area (Å²) in [5, 5.41) is 21.8. The Morgan fingerprint density at radius 1 is 0.887 bits per heavy atom. The molecule has 2 amide bonds. The zero-order valence-electron chi connectivity index (χ0n) is 39.5. The van der Waals surface area contributed by atoms with E-state index in [1.165, 1.54) is 0 Å². The standard InChI is InChI=1S/C55H51N6O9P/c1-5-54(64,6-2)52(63)57-40-26-34-23-24-42-39(25-34)55-38-21-13-20-36(46(38)60-53(55)69-42)35-19-14-22-41-44(35)37(43-27-56-50(68-43)47-48(55)70-51(59-47)45(31(3)4)58-49(40)62)28-61(41)71(65,66-29-32-15-9-7-10-16-32)67-30-33-17-11-8-12-18-33/h7-25,27-28,31,40,45,53,60,64H,5-6,26,29-30H2,1-4H3,(H,57,63)(H,58,62). The number of carbonyl (C=O) groups excluding carboxylic acids is 2. The molecular formula is C55H51N6O9P. The number of ether oxygens (including phenoxy) is 1. The Kier molecular flexibility index (Phi) is 10.7. The Hall–Kier alpha value is -7.29. The fraction of sp³-hybridized carbons (Fsp3) is 0.273. The van der Waals surface area contributed by atoms with Crippen molar-refractivity contribution in [2.24, 2.45) is 5.92 Å². The Labute approximate surface area is 409 Å². The zero-order chi connectivity index (χ0) is 48.8. The Balaban J connectivity index is 1.08. The fourth-order valence-corrected chi connectivity index (χ4v) is 12.3. The van der Waals surface area contributed by atoms with Crippen molar-refractivity contribution in [1.82, 2.24) is 24.9 Å². The van der Waals surface area contributed by atoms with Crippen LogP contribution >= 0.6 is 7.75 Å². The molecule has 0 aliphatic carbocycles. The highest BCUT2D eigenvalue weighted by Gasteiger charge is 2.62. The van der Waals surface area contributed by atoms with Crippen molar-refractivity contribution in [3.63, 3.8) is 0 Å². The average Bonchev–Trinajstić information content (AvgIpc) is 4.23. The predicted molar refractivity (Wildman–Crippen MR) is 265 cm³/mol. The molecule has 360 valence electrons. The second kappa shape index (κ2) is 16.9. The number of amides is 2. The van der Waals surface area contributed by atoms with Crippen LogP contribution in [0.1, 0.15) is 86.0 Å². The molecule has 3 aromatic heterocycles. The maximum atomic E-state index is 15.7. The van der Waals surface area contributed by atoms with Gasteiger partial charge in [-0.3, -0.25) is 23.0 Å². The molecule has 16 heteroatoms. The van der Waals surface area contributed by atoms with E-state index in [0.717, 1.165) is 44.6 Å². The minimum atomic E-state index is -4.20. The molecule has 0 saturated carbocycles. The van der Waals surface area contributed by atoms with E-state index in [1.54, 1.807) is 30.6 Å². The minimum Gasteiger partial charge on any atom is -0.469 e. The van der Waals surface area contributed by atoms with Crippen molar-refractivity contribution >= 4 is 36.2 Å². The lowest BCUT2D eigenvalue weighted by Crippen LogP contribution is -2.55. The number of oxazole rings is 2. The molecule has 4 N–H and O–H groups in total. The first-order valence-corrected chi connectivity index (χ1v) is 25.6. The summed E-state index contributed by atoms with van der Waals surface area (Å²) in [6.07, 6.45) is 3.06. The van der Waals surface area contributed by atoms with Gasteiger partial charge < -0.3 is 34.6 Å². The maximum absolute atomic E-state index is 15.7. The Morgan fingerprint density at radius 2 is 1.59 bits per heavy atom. The van der Waals surface area contributed by atoms with E-state index in [4.69, 9.17) is 32.6 Å². The number of aromatic nitrogens is 3. The molecule has 0 radical (unpaired) electrons. The van der Waals surface area contributed by atoms with E-state index >= 15 is 4.57 Å². The predicted octanol–water partition coefficient (Wildman–Crippen LogP) is 10.2. The summed E-state index contributed by atoms with van der Waals surface area (Å²) >= 11 is 0. The van der Waals surface area contributed by atoms with Gasteiger partial charge in [0.05, 0.1) is 24.9 Å². The van der Waals surface area contributed by atoms with Gasteiger partial charge in [-0.2, -0.15) is 0 Å². The molecule has 5 aromatic carbocycles. The van der Waals surface area contributed by atoms with Crippen LogP contribution in [0.3, 0.4) is 0 Å². The van der Waals surface area contributed by atoms with Gasteiger partial charge in [0.15, 0.2) is 23.4 Å². The molecule has 8 aromatic rings. The number of nitrogens with zero attached hydrogens (tertiary/aromatic N) is 3. The number of anilines is 1. The zero-order valence-corrected chi connectivity index (χ0v) is 40.4. The normalized spacial score (nSPS) is 19.6. The number of benzene rings is 5. The molecular weight excluding hydrogens is 920 g/mol. The fourth-order valence-electron chi connectivity index (χ4n) is 10.6. The molecule has 4 aliphatic heterocycles. The molecule has 15 nitrogen and oxygen atoms in total. The maximum Gasteiger partial charge on any atom is 0.440 e. The number of fused-ring (bicyclic) bond motifs is 7. The van der Waals surface area contributed by atoms with Crippen LogP contribution in [0.25, 0.3) is 44.9 Å². The molecule has 10 bridgehead atoms. The summed E-state index contributed by atoms with van der Waals surface area (Å²) < 4.78 is 51.1.